The van der Waals surface area contributed by atoms with E-state index in [1.54, 1.807) is 38.2 Å². The van der Waals surface area contributed by atoms with Crippen molar-refractivity contribution >= 4 is 29.0 Å². The molecule has 12 heteroatoms. The number of nitrogens with one attached hydrogen (secondary N) is 1. The Morgan fingerprint density at radius 1 is 0.952 bits per heavy atom. The monoisotopic (exact) mass is 593 g/mol. The third kappa shape index (κ3) is 3.46. The lowest BCUT2D eigenvalue weighted by Gasteiger charge is -2.42. The van der Waals surface area contributed by atoms with Crippen molar-refractivity contribution in [3.8, 4) is 23.0 Å². The van der Waals surface area contributed by atoms with Crippen LogP contribution in [0.3, 0.4) is 0 Å². The molecule has 0 amide bonds. The highest BCUT2D eigenvalue weighted by molar-refractivity contribution is 6.36. The molecule has 1 aromatic heterocycles. The van der Waals surface area contributed by atoms with E-state index < -0.39 is 40.3 Å². The summed E-state index contributed by atoms with van der Waals surface area (Å²) in [4.78, 5) is 55.7. The zero-order valence-corrected chi connectivity index (χ0v) is 24.5. The molecule has 2 aromatic carbocycles. The topological polar surface area (TPSA) is 127 Å². The van der Waals surface area contributed by atoms with Gasteiger partial charge in [0.25, 0.3) is 5.56 Å². The summed E-state index contributed by atoms with van der Waals surface area (Å²) in [5.41, 5.74) is -1.51. The van der Waals surface area contributed by atoms with E-state index in [1.807, 2.05) is 0 Å². The number of ketones is 2. The van der Waals surface area contributed by atoms with Crippen molar-refractivity contribution in [3.63, 3.8) is 0 Å². The summed E-state index contributed by atoms with van der Waals surface area (Å²) in [5, 5.41) is 3.24. The number of carbonyl (C=O) groups excluding carboxylic acids is 2. The van der Waals surface area contributed by atoms with Gasteiger partial charge in [0.05, 0.1) is 26.9 Å². The fourth-order valence-electron chi connectivity index (χ4n) is 6.32. The van der Waals surface area contributed by atoms with Gasteiger partial charge in [-0.3, -0.25) is 23.5 Å². The van der Waals surface area contributed by atoms with Crippen molar-refractivity contribution in [1.82, 2.24) is 9.13 Å². The van der Waals surface area contributed by atoms with Crippen LogP contribution in [0, 0.1) is 5.92 Å². The molecule has 0 saturated carbocycles. The maximum absolute atomic E-state index is 14.8. The SMILES string of the molecule is COc1ccc([C@H]2C3=C(C[C@@H](C)[C@]4(Oc5c(Cl)c(OC)cc(OC)c5C4=O)C3=O)Nc3c2c(=O)n(C)c(=O)n3C)cc1. The maximum Gasteiger partial charge on any atom is 0.332 e. The first-order chi connectivity index (χ1) is 20.0. The Kier molecular flexibility index (Phi) is 6.27. The minimum Gasteiger partial charge on any atom is -0.497 e. The number of rotatable bonds is 4. The fraction of sp³-hybridized carbons (Fsp3) is 0.333. The summed E-state index contributed by atoms with van der Waals surface area (Å²) in [5.74, 6) is -1.52. The minimum atomic E-state index is -1.97. The molecule has 3 aromatic rings. The van der Waals surface area contributed by atoms with Crippen molar-refractivity contribution in [2.24, 2.45) is 20.0 Å². The number of carbonyl (C=O) groups is 2. The summed E-state index contributed by atoms with van der Waals surface area (Å²) in [6.45, 7) is 1.74. The molecule has 11 nitrogen and oxygen atoms in total. The number of allylic oxidation sites excluding steroid dienone is 1. The van der Waals surface area contributed by atoms with Crippen molar-refractivity contribution in [3.05, 3.63) is 84.2 Å². The molecule has 3 aliphatic rings. The number of ether oxygens (including phenoxy) is 4. The quantitative estimate of drug-likeness (QED) is 0.454. The van der Waals surface area contributed by atoms with E-state index in [2.05, 4.69) is 5.32 Å². The average molecular weight is 594 g/mol. The summed E-state index contributed by atoms with van der Waals surface area (Å²) in [6.07, 6.45) is 0.202. The van der Waals surface area contributed by atoms with Crippen molar-refractivity contribution < 1.29 is 28.5 Å². The molecular formula is C30H28ClN3O8. The molecule has 6 rings (SSSR count). The predicted molar refractivity (Wildman–Crippen MR) is 153 cm³/mol. The lowest BCUT2D eigenvalue weighted by atomic mass is 9.66. The Morgan fingerprint density at radius 2 is 1.62 bits per heavy atom. The van der Waals surface area contributed by atoms with Gasteiger partial charge in [0, 0.05) is 43.3 Å². The Bertz CT molecular complexity index is 1860. The Labute approximate surface area is 245 Å². The summed E-state index contributed by atoms with van der Waals surface area (Å²) < 4.78 is 24.8. The van der Waals surface area contributed by atoms with E-state index in [1.165, 1.54) is 39.0 Å². The van der Waals surface area contributed by atoms with Crippen LogP contribution in [0.4, 0.5) is 5.82 Å². The van der Waals surface area contributed by atoms with Gasteiger partial charge in [0.1, 0.15) is 33.7 Å². The molecule has 3 heterocycles. The van der Waals surface area contributed by atoms with Gasteiger partial charge in [-0.15, -0.1) is 0 Å². The lowest BCUT2D eigenvalue weighted by molar-refractivity contribution is -0.130. The molecular weight excluding hydrogens is 566 g/mol. The van der Waals surface area contributed by atoms with Gasteiger partial charge in [-0.1, -0.05) is 30.7 Å². The molecule has 1 spiro atoms. The number of Topliss-reactive ketones (excluding diaryl/α,β-unsaturated/α-hetero) is 2. The van der Waals surface area contributed by atoms with E-state index >= 15 is 0 Å². The average Bonchev–Trinajstić information content (AvgIpc) is 3.31. The Balaban J connectivity index is 1.61. The van der Waals surface area contributed by atoms with Crippen molar-refractivity contribution in [2.75, 3.05) is 26.6 Å². The molecule has 3 atom stereocenters. The van der Waals surface area contributed by atoms with Crippen LogP contribution in [-0.4, -0.2) is 47.6 Å². The number of hydrogen-bond acceptors (Lipinski definition) is 9. The number of benzene rings is 2. The van der Waals surface area contributed by atoms with Gasteiger partial charge in [-0.25, -0.2) is 4.79 Å². The number of fused-ring (bicyclic) bond motifs is 2. The number of halogens is 1. The molecule has 0 radical (unpaired) electrons. The zero-order chi connectivity index (χ0) is 30.2. The molecule has 1 N–H and O–H groups in total. The van der Waals surface area contributed by atoms with Crippen LogP contribution < -0.4 is 35.5 Å². The second-order valence-corrected chi connectivity index (χ2v) is 11.0. The Hall–Kier alpha value is -4.51. The smallest absolute Gasteiger partial charge is 0.332 e. The molecule has 42 heavy (non-hydrogen) atoms. The second kappa shape index (κ2) is 9.52. The minimum absolute atomic E-state index is 0.00518. The summed E-state index contributed by atoms with van der Waals surface area (Å²) in [7, 11) is 7.29. The van der Waals surface area contributed by atoms with E-state index in [4.69, 9.17) is 30.5 Å². The van der Waals surface area contributed by atoms with Gasteiger partial charge in [-0.2, -0.15) is 0 Å². The van der Waals surface area contributed by atoms with Crippen molar-refractivity contribution in [1.29, 1.82) is 0 Å². The van der Waals surface area contributed by atoms with E-state index in [9.17, 15) is 19.2 Å². The van der Waals surface area contributed by atoms with Gasteiger partial charge >= 0.3 is 5.69 Å². The largest absolute Gasteiger partial charge is 0.497 e. The standard InChI is InChI=1S/C30H28ClN3O8/c1-13-11-16-20(25(35)30(13)26(36)21-17(40-5)12-18(41-6)23(31)24(21)42-30)19(14-7-9-15(39-4)10-8-14)22-27(32-16)33(2)29(38)34(3)28(22)37/h7-10,12-13,19,32H,11H2,1-6H3/t13-,19+,30+/m1/s1. The third-order valence-electron chi connectivity index (χ3n) is 8.53. The zero-order valence-electron chi connectivity index (χ0n) is 23.8. The van der Waals surface area contributed by atoms with Crippen LogP contribution >= 0.6 is 11.6 Å². The van der Waals surface area contributed by atoms with E-state index in [0.717, 1.165) is 4.57 Å². The molecule has 0 fully saturated rings. The van der Waals surface area contributed by atoms with Crippen LogP contribution in [0.5, 0.6) is 23.0 Å². The van der Waals surface area contributed by atoms with Crippen LogP contribution in [0.1, 0.15) is 40.7 Å². The molecule has 0 saturated heterocycles. The summed E-state index contributed by atoms with van der Waals surface area (Å²) >= 11 is 6.59. The van der Waals surface area contributed by atoms with Gasteiger partial charge in [-0.05, 0) is 24.1 Å². The van der Waals surface area contributed by atoms with Crippen LogP contribution in [0.25, 0.3) is 0 Å². The van der Waals surface area contributed by atoms with Gasteiger partial charge in [0.15, 0.2) is 5.75 Å². The molecule has 0 bridgehead atoms. The first-order valence-electron chi connectivity index (χ1n) is 13.2. The normalized spacial score (nSPS) is 22.3. The number of aromatic nitrogens is 2. The number of nitrogens with zero attached hydrogens (tertiary/aromatic N) is 2. The maximum atomic E-state index is 14.8. The second-order valence-electron chi connectivity index (χ2n) is 10.6. The van der Waals surface area contributed by atoms with Crippen LogP contribution in [0.2, 0.25) is 5.02 Å². The molecule has 218 valence electrons. The molecule has 2 aliphatic heterocycles. The van der Waals surface area contributed by atoms with Crippen molar-refractivity contribution in [2.45, 2.75) is 24.9 Å². The number of methoxy groups -OCH3 is 3. The molecule has 1 aliphatic carbocycles. The lowest BCUT2D eigenvalue weighted by Crippen LogP contribution is -2.58. The summed E-state index contributed by atoms with van der Waals surface area (Å²) in [6, 6.07) is 8.43. The first kappa shape index (κ1) is 27.6. The fourth-order valence-corrected chi connectivity index (χ4v) is 6.58. The molecule has 0 unspecified atom stereocenters. The third-order valence-corrected chi connectivity index (χ3v) is 8.88. The van der Waals surface area contributed by atoms with Crippen LogP contribution in [0.15, 0.2) is 51.2 Å². The predicted octanol–water partition coefficient (Wildman–Crippen LogP) is 3.20. The first-order valence-corrected chi connectivity index (χ1v) is 13.6. The van der Waals surface area contributed by atoms with Gasteiger partial charge < -0.3 is 24.3 Å². The van der Waals surface area contributed by atoms with Gasteiger partial charge in [0.2, 0.25) is 17.2 Å². The Morgan fingerprint density at radius 3 is 2.24 bits per heavy atom. The van der Waals surface area contributed by atoms with Crippen LogP contribution in [-0.2, 0) is 18.9 Å². The highest BCUT2D eigenvalue weighted by atomic mass is 35.5. The van der Waals surface area contributed by atoms with E-state index in [-0.39, 0.29) is 51.2 Å². The number of anilines is 1. The number of hydrogen-bond donors (Lipinski definition) is 1. The highest BCUT2D eigenvalue weighted by Crippen LogP contribution is 2.56. The highest BCUT2D eigenvalue weighted by Gasteiger charge is 2.63. The van der Waals surface area contributed by atoms with E-state index in [0.29, 0.717) is 17.0 Å².